The lowest BCUT2D eigenvalue weighted by atomic mass is 10.3. The van der Waals surface area contributed by atoms with E-state index in [9.17, 15) is 4.57 Å². The van der Waals surface area contributed by atoms with E-state index < -0.39 is 8.25 Å². The van der Waals surface area contributed by atoms with E-state index in [4.69, 9.17) is 9.63 Å². The third-order valence-corrected chi connectivity index (χ3v) is 2.26. The fourth-order valence-corrected chi connectivity index (χ4v) is 1.55. The van der Waals surface area contributed by atoms with Crippen LogP contribution in [0.2, 0.25) is 0 Å². The van der Waals surface area contributed by atoms with Crippen molar-refractivity contribution in [3.8, 4) is 5.88 Å². The Hall–Kier alpha value is -0.420. The maximum atomic E-state index is 10.3. The molecule has 0 aliphatic heterocycles. The second-order valence-electron chi connectivity index (χ2n) is 2.38. The van der Waals surface area contributed by atoms with Gasteiger partial charge in [0.05, 0.1) is 13.7 Å². The van der Waals surface area contributed by atoms with Crippen LogP contribution in [0.15, 0.2) is 16.7 Å². The van der Waals surface area contributed by atoms with Crippen molar-refractivity contribution in [2.24, 2.45) is 0 Å². The van der Waals surface area contributed by atoms with Gasteiger partial charge >= 0.3 is 8.25 Å². The number of hydrogen-bond donors (Lipinski definition) is 1. The Morgan fingerprint density at radius 1 is 1.71 bits per heavy atom. The topological polar surface area (TPSA) is 68.7 Å². The number of pyridine rings is 1. The molecule has 0 aliphatic rings. The molecule has 1 aromatic heterocycles. The zero-order valence-corrected chi connectivity index (χ0v) is 9.94. The quantitative estimate of drug-likeness (QED) is 0.852. The fourth-order valence-electron chi connectivity index (χ4n) is 0.895. The van der Waals surface area contributed by atoms with Gasteiger partial charge in [-0.05, 0) is 22.0 Å². The monoisotopic (exact) mass is 281 g/mol. The van der Waals surface area contributed by atoms with Gasteiger partial charge in [-0.1, -0.05) is 0 Å². The Labute approximate surface area is 90.1 Å². The molecule has 14 heavy (non-hydrogen) atoms. The van der Waals surface area contributed by atoms with Crippen molar-refractivity contribution in [2.75, 3.05) is 7.11 Å². The molecule has 5 nitrogen and oxygen atoms in total. The normalized spacial score (nSPS) is 12.5. The van der Waals surface area contributed by atoms with Crippen LogP contribution in [-0.4, -0.2) is 17.0 Å². The average Bonchev–Trinajstić information content (AvgIpc) is 2.15. The van der Waals surface area contributed by atoms with Crippen LogP contribution in [-0.2, 0) is 15.7 Å². The first-order valence-electron chi connectivity index (χ1n) is 3.67. The molecule has 0 fully saturated rings. The number of rotatable bonds is 4. The molecule has 7 heteroatoms. The van der Waals surface area contributed by atoms with Gasteiger partial charge in [-0.25, -0.2) is 4.98 Å². The molecule has 1 heterocycles. The Balaban J connectivity index is 2.82. The highest BCUT2D eigenvalue weighted by Gasteiger charge is 2.06. The summed E-state index contributed by atoms with van der Waals surface area (Å²) in [4.78, 5) is 12.5. The van der Waals surface area contributed by atoms with E-state index in [1.165, 1.54) is 7.11 Å². The lowest BCUT2D eigenvalue weighted by molar-refractivity contribution is 0.265. The van der Waals surface area contributed by atoms with Crippen molar-refractivity contribution in [3.63, 3.8) is 0 Å². The third-order valence-electron chi connectivity index (χ3n) is 1.44. The zero-order valence-electron chi connectivity index (χ0n) is 7.36. The number of hydrogen-bond acceptors (Lipinski definition) is 4. The number of nitrogens with zero attached hydrogens (tertiary/aromatic N) is 1. The molecule has 0 bridgehead atoms. The van der Waals surface area contributed by atoms with Gasteiger partial charge in [0, 0.05) is 16.2 Å². The molecule has 0 amide bonds. The maximum absolute atomic E-state index is 10.3. The molecule has 78 valence electrons. The molecular formula is C7H9BrNO4P. The first-order valence-corrected chi connectivity index (χ1v) is 5.73. The molecule has 0 aliphatic carbocycles. The number of halogens is 1. The number of methoxy groups -OCH3 is 1. The van der Waals surface area contributed by atoms with Crippen LogP contribution < -0.4 is 4.74 Å². The molecule has 0 spiro atoms. The molecule has 1 aromatic rings. The molecule has 0 radical (unpaired) electrons. The summed E-state index contributed by atoms with van der Waals surface area (Å²) in [5.41, 5.74) is 0.620. The van der Waals surface area contributed by atoms with Crippen LogP contribution in [0.25, 0.3) is 0 Å². The largest absolute Gasteiger partial charge is 0.481 e. The summed E-state index contributed by atoms with van der Waals surface area (Å²) >= 11 is 3.23. The molecule has 1 rings (SSSR count). The highest BCUT2D eigenvalue weighted by Crippen LogP contribution is 2.24. The first-order chi connectivity index (χ1) is 6.63. The predicted octanol–water partition coefficient (Wildman–Crippen LogP) is 1.75. The summed E-state index contributed by atoms with van der Waals surface area (Å²) in [5.74, 6) is 0.386. The van der Waals surface area contributed by atoms with Crippen molar-refractivity contribution in [3.05, 3.63) is 22.3 Å². The Morgan fingerprint density at radius 3 is 3.00 bits per heavy atom. The molecule has 1 unspecified atom stereocenters. The minimum Gasteiger partial charge on any atom is -0.481 e. The second kappa shape index (κ2) is 5.46. The lowest BCUT2D eigenvalue weighted by Gasteiger charge is -2.06. The van der Waals surface area contributed by atoms with E-state index in [2.05, 4.69) is 25.4 Å². The zero-order chi connectivity index (χ0) is 10.6. The van der Waals surface area contributed by atoms with Crippen molar-refractivity contribution in [1.29, 1.82) is 0 Å². The van der Waals surface area contributed by atoms with Gasteiger partial charge in [0.1, 0.15) is 0 Å². The van der Waals surface area contributed by atoms with Crippen molar-refractivity contribution < 1.29 is 18.7 Å². The standard InChI is InChI=1S/C7H9BrNO4P/c1-12-7-5(4-13-14(10)11)2-6(8)3-9-7/h2-3,14H,4H2,1H3,(H,10,11). The summed E-state index contributed by atoms with van der Waals surface area (Å²) in [7, 11) is -1.44. The number of aromatic nitrogens is 1. The van der Waals surface area contributed by atoms with Crippen molar-refractivity contribution in [2.45, 2.75) is 6.61 Å². The van der Waals surface area contributed by atoms with Crippen LogP contribution in [0.3, 0.4) is 0 Å². The molecule has 0 saturated heterocycles. The third kappa shape index (κ3) is 3.38. The summed E-state index contributed by atoms with van der Waals surface area (Å²) in [5, 5.41) is 0. The van der Waals surface area contributed by atoms with Crippen molar-refractivity contribution >= 4 is 24.2 Å². The van der Waals surface area contributed by atoms with Gasteiger partial charge in [-0.2, -0.15) is 0 Å². The Kier molecular flexibility index (Phi) is 4.54. The van der Waals surface area contributed by atoms with Gasteiger partial charge < -0.3 is 14.2 Å². The lowest BCUT2D eigenvalue weighted by Crippen LogP contribution is -1.95. The fraction of sp³-hybridized carbons (Fsp3) is 0.286. The Bertz CT molecular complexity index is 346. The van der Waals surface area contributed by atoms with Crippen LogP contribution in [0.5, 0.6) is 5.88 Å². The number of ether oxygens (including phenoxy) is 1. The Morgan fingerprint density at radius 2 is 2.43 bits per heavy atom. The summed E-state index contributed by atoms with van der Waals surface area (Å²) in [6.07, 6.45) is 1.57. The van der Waals surface area contributed by atoms with Crippen LogP contribution in [0.1, 0.15) is 5.56 Å². The van der Waals surface area contributed by atoms with Gasteiger partial charge in [0.2, 0.25) is 5.88 Å². The maximum Gasteiger partial charge on any atom is 0.316 e. The second-order valence-corrected chi connectivity index (χ2v) is 4.11. The SMILES string of the molecule is COc1ncc(Br)cc1CO[PH](=O)O. The van der Waals surface area contributed by atoms with E-state index in [0.717, 1.165) is 4.47 Å². The highest BCUT2D eigenvalue weighted by molar-refractivity contribution is 9.10. The molecule has 0 aromatic carbocycles. The summed E-state index contributed by atoms with van der Waals surface area (Å²) < 4.78 is 20.6. The highest BCUT2D eigenvalue weighted by atomic mass is 79.9. The molecule has 1 N–H and O–H groups in total. The molecule has 0 saturated carbocycles. The van der Waals surface area contributed by atoms with E-state index in [1.54, 1.807) is 12.3 Å². The van der Waals surface area contributed by atoms with Crippen molar-refractivity contribution in [1.82, 2.24) is 4.98 Å². The van der Waals surface area contributed by atoms with Crippen LogP contribution in [0, 0.1) is 0 Å². The van der Waals surface area contributed by atoms with E-state index in [1.807, 2.05) is 0 Å². The van der Waals surface area contributed by atoms with Gasteiger partial charge in [-0.15, -0.1) is 0 Å². The smallest absolute Gasteiger partial charge is 0.316 e. The van der Waals surface area contributed by atoms with Gasteiger partial charge in [0.15, 0.2) is 0 Å². The minimum absolute atomic E-state index is 0.00388. The summed E-state index contributed by atoms with van der Waals surface area (Å²) in [6, 6.07) is 1.72. The van der Waals surface area contributed by atoms with Gasteiger partial charge in [-0.3, -0.25) is 4.57 Å². The van der Waals surface area contributed by atoms with Gasteiger partial charge in [0.25, 0.3) is 0 Å². The van der Waals surface area contributed by atoms with E-state index in [-0.39, 0.29) is 6.61 Å². The predicted molar refractivity (Wildman–Crippen MR) is 54.5 cm³/mol. The average molecular weight is 282 g/mol. The van der Waals surface area contributed by atoms with E-state index >= 15 is 0 Å². The van der Waals surface area contributed by atoms with Crippen LogP contribution >= 0.6 is 24.2 Å². The molecule has 1 atom stereocenters. The summed E-state index contributed by atoms with van der Waals surface area (Å²) in [6.45, 7) is 0.00388. The first kappa shape index (κ1) is 11.7. The minimum atomic E-state index is -2.92. The molecular weight excluding hydrogens is 273 g/mol. The van der Waals surface area contributed by atoms with Crippen LogP contribution in [0.4, 0.5) is 0 Å². The van der Waals surface area contributed by atoms with E-state index in [0.29, 0.717) is 11.4 Å².